The third-order valence-corrected chi connectivity index (χ3v) is 9.44. The maximum atomic E-state index is 14.1. The number of phenols is 6. The first-order valence-corrected chi connectivity index (χ1v) is 19.6. The lowest BCUT2D eigenvalue weighted by atomic mass is 10.0. The molecule has 0 radical (unpaired) electrons. The van der Waals surface area contributed by atoms with E-state index in [-0.39, 0.29) is 67.9 Å². The molecule has 0 aliphatic heterocycles. The maximum Gasteiger partial charge on any atom is 0.338 e. The van der Waals surface area contributed by atoms with Crippen molar-refractivity contribution in [2.24, 2.45) is 0 Å². The number of esters is 6. The van der Waals surface area contributed by atoms with Crippen LogP contribution in [0.2, 0.25) is 0 Å². The lowest BCUT2D eigenvalue weighted by Gasteiger charge is -2.35. The Hall–Kier alpha value is -9.06. The molecule has 66 heavy (non-hydrogen) atoms. The van der Waals surface area contributed by atoms with Crippen LogP contribution in [0, 0.1) is 0 Å². The lowest BCUT2D eigenvalue weighted by molar-refractivity contribution is -0.138. The van der Waals surface area contributed by atoms with Crippen molar-refractivity contribution in [3.05, 3.63) is 179 Å². The molecule has 4 atom stereocenters. The fourth-order valence-corrected chi connectivity index (χ4v) is 5.96. The van der Waals surface area contributed by atoms with E-state index in [2.05, 4.69) is 0 Å². The molecule has 0 unspecified atom stereocenters. The summed E-state index contributed by atoms with van der Waals surface area (Å²) in [6, 6.07) is 28.0. The van der Waals surface area contributed by atoms with Crippen LogP contribution in [0.25, 0.3) is 0 Å². The first kappa shape index (κ1) is 46.4. The molecule has 0 heterocycles. The van der Waals surface area contributed by atoms with Gasteiger partial charge in [0.05, 0.1) is 33.4 Å². The molecule has 0 bridgehead atoms. The Bertz CT molecular complexity index is 2460. The van der Waals surface area contributed by atoms with Crippen LogP contribution in [0.5, 0.6) is 34.5 Å². The SMILES string of the molecule is O=C(OC[C@H](OC(=O)c1ccc(O)cc1)[C@@H](OC(=O)c1ccc(O)cc1)[C@H](OC(=O)c1ccc(O)cc1)[C@@H](COC(=O)c1ccc(O)cc1)OC(=O)c1ccc(O)cc1)c1ccc(O)cc1. The summed E-state index contributed by atoms with van der Waals surface area (Å²) in [4.78, 5) is 82.9. The van der Waals surface area contributed by atoms with Gasteiger partial charge in [-0.1, -0.05) is 0 Å². The van der Waals surface area contributed by atoms with Gasteiger partial charge in [0.15, 0.2) is 24.4 Å². The second-order valence-corrected chi connectivity index (χ2v) is 14.1. The van der Waals surface area contributed by atoms with Gasteiger partial charge in [-0.05, 0) is 146 Å². The number of phenolic OH excluding ortho intramolecular Hbond substituents is 6. The van der Waals surface area contributed by atoms with Gasteiger partial charge in [0.1, 0.15) is 47.7 Å². The molecule has 18 heteroatoms. The number of hydrogen-bond donors (Lipinski definition) is 6. The summed E-state index contributed by atoms with van der Waals surface area (Å²) < 4.78 is 34.8. The summed E-state index contributed by atoms with van der Waals surface area (Å²) in [7, 11) is 0. The van der Waals surface area contributed by atoms with Crippen LogP contribution in [0.1, 0.15) is 62.1 Å². The monoisotopic (exact) mass is 902 g/mol. The molecule has 0 aliphatic carbocycles. The van der Waals surface area contributed by atoms with Crippen LogP contribution >= 0.6 is 0 Å². The van der Waals surface area contributed by atoms with Crippen molar-refractivity contribution in [3.63, 3.8) is 0 Å². The third-order valence-electron chi connectivity index (χ3n) is 9.44. The third kappa shape index (κ3) is 12.5. The maximum absolute atomic E-state index is 14.1. The average Bonchev–Trinajstić information content (AvgIpc) is 3.31. The van der Waals surface area contributed by atoms with Crippen molar-refractivity contribution in [2.45, 2.75) is 24.4 Å². The van der Waals surface area contributed by atoms with Gasteiger partial charge < -0.3 is 59.1 Å². The molecule has 6 N–H and O–H groups in total. The second-order valence-electron chi connectivity index (χ2n) is 14.1. The molecule has 0 saturated heterocycles. The van der Waals surface area contributed by atoms with E-state index in [0.717, 1.165) is 72.8 Å². The van der Waals surface area contributed by atoms with Crippen LogP contribution in [0.15, 0.2) is 146 Å². The molecule has 6 aromatic rings. The second kappa shape index (κ2) is 21.3. The highest BCUT2D eigenvalue weighted by Crippen LogP contribution is 2.27. The highest BCUT2D eigenvalue weighted by molar-refractivity contribution is 5.93. The molecule has 0 aliphatic rings. The zero-order valence-electron chi connectivity index (χ0n) is 34.2. The van der Waals surface area contributed by atoms with Gasteiger partial charge >= 0.3 is 35.8 Å². The molecule has 0 amide bonds. The lowest BCUT2D eigenvalue weighted by Crippen LogP contribution is -2.54. The normalized spacial score (nSPS) is 12.5. The predicted molar refractivity (Wildman–Crippen MR) is 226 cm³/mol. The number of hydrogen-bond acceptors (Lipinski definition) is 18. The van der Waals surface area contributed by atoms with Gasteiger partial charge in [0.2, 0.25) is 0 Å². The largest absolute Gasteiger partial charge is 0.508 e. The minimum Gasteiger partial charge on any atom is -0.508 e. The number of carbonyl (C=O) groups is 6. The molecular formula is C48H38O18. The highest BCUT2D eigenvalue weighted by atomic mass is 16.6. The Morgan fingerprint density at radius 3 is 0.682 bits per heavy atom. The van der Waals surface area contributed by atoms with Crippen LogP contribution in [-0.4, -0.2) is 104 Å². The Kier molecular flexibility index (Phi) is 15.0. The molecule has 0 spiro atoms. The number of carbonyl (C=O) groups excluding carboxylic acids is 6. The Labute approximate surface area is 374 Å². The van der Waals surface area contributed by atoms with Crippen molar-refractivity contribution in [2.75, 3.05) is 13.2 Å². The van der Waals surface area contributed by atoms with Gasteiger partial charge in [-0.15, -0.1) is 0 Å². The van der Waals surface area contributed by atoms with Gasteiger partial charge in [0, 0.05) is 0 Å². The van der Waals surface area contributed by atoms with Crippen LogP contribution in [0.4, 0.5) is 0 Å². The Morgan fingerprint density at radius 1 is 0.288 bits per heavy atom. The zero-order valence-corrected chi connectivity index (χ0v) is 34.2. The highest BCUT2D eigenvalue weighted by Gasteiger charge is 2.46. The van der Waals surface area contributed by atoms with E-state index in [1.807, 2.05) is 0 Å². The summed E-state index contributed by atoms with van der Waals surface area (Å²) in [6.07, 6.45) is -8.47. The number of ether oxygens (including phenoxy) is 6. The molecule has 6 aromatic carbocycles. The summed E-state index contributed by atoms with van der Waals surface area (Å²) in [6.45, 7) is -2.01. The Balaban J connectivity index is 1.51. The fraction of sp³-hybridized carbons (Fsp3) is 0.125. The number of aromatic hydroxyl groups is 6. The van der Waals surface area contributed by atoms with E-state index < -0.39 is 73.4 Å². The van der Waals surface area contributed by atoms with E-state index >= 15 is 0 Å². The average molecular weight is 903 g/mol. The molecule has 18 nitrogen and oxygen atoms in total. The topological polar surface area (TPSA) is 279 Å². The summed E-state index contributed by atoms with van der Waals surface area (Å²) in [5.74, 6) is -8.25. The van der Waals surface area contributed by atoms with Crippen molar-refractivity contribution in [3.8, 4) is 34.5 Å². The molecule has 6 rings (SSSR count). The van der Waals surface area contributed by atoms with Crippen LogP contribution in [-0.2, 0) is 28.4 Å². The first-order chi connectivity index (χ1) is 31.6. The van der Waals surface area contributed by atoms with E-state index in [1.165, 1.54) is 72.8 Å². The minimum atomic E-state index is -2.20. The standard InChI is InChI=1S/C48H38O18/c49-33-13-1-27(2-14-33)43(55)61-25-39(63-45(57)29-5-17-35(51)18-6-29)41(65-47(59)31-9-21-37(53)22-10-31)42(66-48(60)32-11-23-38(54)24-12-32)40(64-46(58)30-7-19-36(52)20-8-30)26-62-44(56)28-3-15-34(50)16-4-28/h1-24,39-42,49-54H,25-26H2/t39-,40+,41-,42-/m1/s1. The quantitative estimate of drug-likeness (QED) is 0.0463. The zero-order chi connectivity index (χ0) is 47.3. The summed E-state index contributed by atoms with van der Waals surface area (Å²) in [5.41, 5.74) is -1.06. The van der Waals surface area contributed by atoms with Gasteiger partial charge in [-0.25, -0.2) is 28.8 Å². The molecule has 338 valence electrons. The van der Waals surface area contributed by atoms with Gasteiger partial charge in [-0.3, -0.25) is 0 Å². The summed E-state index contributed by atoms with van der Waals surface area (Å²) in [5, 5.41) is 59.4. The van der Waals surface area contributed by atoms with E-state index in [0.29, 0.717) is 0 Å². The molecule has 0 saturated carbocycles. The molecule has 0 aromatic heterocycles. The van der Waals surface area contributed by atoms with Crippen molar-refractivity contribution >= 4 is 35.8 Å². The van der Waals surface area contributed by atoms with Crippen molar-refractivity contribution < 1.29 is 87.8 Å². The van der Waals surface area contributed by atoms with Crippen LogP contribution in [0.3, 0.4) is 0 Å². The van der Waals surface area contributed by atoms with Crippen LogP contribution < -0.4 is 0 Å². The molecule has 0 fully saturated rings. The molecular weight excluding hydrogens is 865 g/mol. The Morgan fingerprint density at radius 2 is 0.470 bits per heavy atom. The minimum absolute atomic E-state index is 0.105. The van der Waals surface area contributed by atoms with Gasteiger partial charge in [0.25, 0.3) is 0 Å². The smallest absolute Gasteiger partial charge is 0.338 e. The van der Waals surface area contributed by atoms with Crippen molar-refractivity contribution in [1.82, 2.24) is 0 Å². The number of rotatable bonds is 17. The van der Waals surface area contributed by atoms with Crippen molar-refractivity contribution in [1.29, 1.82) is 0 Å². The van der Waals surface area contributed by atoms with E-state index in [4.69, 9.17) is 28.4 Å². The summed E-state index contributed by atoms with van der Waals surface area (Å²) >= 11 is 0. The predicted octanol–water partition coefficient (Wildman–Crippen LogP) is 5.84. The van der Waals surface area contributed by atoms with E-state index in [1.54, 1.807) is 0 Å². The van der Waals surface area contributed by atoms with E-state index in [9.17, 15) is 59.4 Å². The first-order valence-electron chi connectivity index (χ1n) is 19.6. The fourth-order valence-electron chi connectivity index (χ4n) is 5.96. The number of benzene rings is 6. The van der Waals surface area contributed by atoms with Gasteiger partial charge in [-0.2, -0.15) is 0 Å².